The number of nitrogens with one attached hydrogen (secondary N) is 1. The number of pyridine rings is 1. The van der Waals surface area contributed by atoms with Crippen molar-refractivity contribution in [3.63, 3.8) is 0 Å². The van der Waals surface area contributed by atoms with Crippen molar-refractivity contribution in [1.82, 2.24) is 9.38 Å². The zero-order valence-electron chi connectivity index (χ0n) is 18.9. The van der Waals surface area contributed by atoms with Crippen molar-refractivity contribution in [2.24, 2.45) is 5.92 Å². The van der Waals surface area contributed by atoms with Crippen LogP contribution in [0.3, 0.4) is 0 Å². The van der Waals surface area contributed by atoms with Gasteiger partial charge < -0.3 is 15.3 Å². The van der Waals surface area contributed by atoms with Crippen molar-refractivity contribution in [2.75, 3.05) is 23.3 Å². The van der Waals surface area contributed by atoms with E-state index in [4.69, 9.17) is 0 Å². The number of alkyl halides is 2. The Kier molecular flexibility index (Phi) is 5.59. The van der Waals surface area contributed by atoms with Crippen molar-refractivity contribution in [3.8, 4) is 0 Å². The van der Waals surface area contributed by atoms with Crippen LogP contribution in [0.5, 0.6) is 0 Å². The fraction of sp³-hybridized carbons (Fsp3) is 0.375. The molecular formula is C24H26F2N4O3. The summed E-state index contributed by atoms with van der Waals surface area (Å²) in [5.41, 5.74) is 2.37. The number of aryl methyl sites for hydroxylation is 1. The Bertz CT molecular complexity index is 1300. The van der Waals surface area contributed by atoms with Crippen LogP contribution in [0.2, 0.25) is 0 Å². The lowest BCUT2D eigenvalue weighted by Gasteiger charge is -2.23. The normalized spacial score (nSPS) is 18.5. The number of carboxylic acids is 1. The first-order valence-corrected chi connectivity index (χ1v) is 10.7. The molecular weight excluding hydrogens is 430 g/mol. The lowest BCUT2D eigenvalue weighted by molar-refractivity contribution is -0.0138. The Morgan fingerprint density at radius 2 is 2.00 bits per heavy atom. The highest BCUT2D eigenvalue weighted by Gasteiger charge is 2.46. The number of para-hydroxylation sites is 1. The summed E-state index contributed by atoms with van der Waals surface area (Å²) in [6.45, 7) is 6.40. The van der Waals surface area contributed by atoms with Gasteiger partial charge in [-0.2, -0.15) is 0 Å². The average molecular weight is 456 g/mol. The summed E-state index contributed by atoms with van der Waals surface area (Å²) in [5, 5.41) is 12.7. The molecule has 1 unspecified atom stereocenters. The van der Waals surface area contributed by atoms with E-state index in [1.165, 1.54) is 22.3 Å². The molecule has 2 N–H and O–H groups in total. The molecule has 1 fully saturated rings. The molecule has 1 saturated heterocycles. The first kappa shape index (κ1) is 22.7. The molecule has 174 valence electrons. The molecule has 0 radical (unpaired) electrons. The van der Waals surface area contributed by atoms with Crippen molar-refractivity contribution in [1.29, 1.82) is 0 Å². The summed E-state index contributed by atoms with van der Waals surface area (Å²) < 4.78 is 29.9. The lowest BCUT2D eigenvalue weighted by Crippen LogP contribution is -2.30. The van der Waals surface area contributed by atoms with E-state index in [2.05, 4.69) is 10.3 Å². The van der Waals surface area contributed by atoms with Crippen molar-refractivity contribution in [2.45, 2.75) is 39.7 Å². The summed E-state index contributed by atoms with van der Waals surface area (Å²) >= 11 is 0. The highest BCUT2D eigenvalue weighted by Crippen LogP contribution is 2.36. The monoisotopic (exact) mass is 456 g/mol. The number of hydrogen-bond acceptors (Lipinski definition) is 5. The second-order valence-corrected chi connectivity index (χ2v) is 8.79. The van der Waals surface area contributed by atoms with Gasteiger partial charge in [-0.1, -0.05) is 19.1 Å². The maximum atomic E-state index is 14.2. The van der Waals surface area contributed by atoms with E-state index in [0.717, 1.165) is 5.56 Å². The largest absolute Gasteiger partial charge is 0.478 e. The van der Waals surface area contributed by atoms with Gasteiger partial charge in [0.2, 0.25) is 0 Å². The predicted molar refractivity (Wildman–Crippen MR) is 123 cm³/mol. The van der Waals surface area contributed by atoms with Crippen LogP contribution in [-0.4, -0.2) is 39.5 Å². The fourth-order valence-electron chi connectivity index (χ4n) is 4.32. The molecule has 7 nitrogen and oxygen atoms in total. The average Bonchev–Trinajstić information content (AvgIpc) is 3.02. The van der Waals surface area contributed by atoms with Crippen molar-refractivity contribution in [3.05, 3.63) is 69.1 Å². The van der Waals surface area contributed by atoms with Crippen LogP contribution in [0.1, 0.15) is 46.9 Å². The van der Waals surface area contributed by atoms with Crippen LogP contribution in [0.4, 0.5) is 20.3 Å². The highest BCUT2D eigenvalue weighted by molar-refractivity contribution is 5.94. The van der Waals surface area contributed by atoms with Gasteiger partial charge >= 0.3 is 5.97 Å². The second-order valence-electron chi connectivity index (χ2n) is 8.79. The third-order valence-electron chi connectivity index (χ3n) is 6.20. The van der Waals surface area contributed by atoms with Gasteiger partial charge in [0.15, 0.2) is 0 Å². The van der Waals surface area contributed by atoms with Crippen LogP contribution in [0, 0.1) is 19.8 Å². The van der Waals surface area contributed by atoms with Gasteiger partial charge in [0, 0.05) is 29.9 Å². The number of carboxylic acid groups (broad SMARTS) is 1. The molecule has 3 heterocycles. The lowest BCUT2D eigenvalue weighted by atomic mass is 10.1. The quantitative estimate of drug-likeness (QED) is 0.596. The van der Waals surface area contributed by atoms with Crippen LogP contribution >= 0.6 is 0 Å². The number of rotatable bonds is 5. The Morgan fingerprint density at radius 1 is 1.30 bits per heavy atom. The van der Waals surface area contributed by atoms with Crippen molar-refractivity contribution < 1.29 is 18.7 Å². The second kappa shape index (κ2) is 8.13. The number of benzene rings is 1. The number of carbonyl (C=O) groups is 1. The standard InChI is InChI=1S/C24H26F2N4O3/c1-13-9-18(16(4)27-19-8-6-5-7-17(19)23(32)33)21-28-20(15(3)22(31)30(21)10-13)29-11-14(2)24(25,26)12-29/h5-10,14,16,27H,11-12H2,1-4H3,(H,32,33)/t14?,16-/m1/s1. The molecule has 1 aliphatic rings. The zero-order chi connectivity index (χ0) is 24.1. The van der Waals surface area contributed by atoms with Crippen LogP contribution in [0.15, 0.2) is 41.3 Å². The van der Waals surface area contributed by atoms with Gasteiger partial charge in [0.25, 0.3) is 11.5 Å². The fourth-order valence-corrected chi connectivity index (χ4v) is 4.32. The van der Waals surface area contributed by atoms with Gasteiger partial charge in [-0.3, -0.25) is 9.20 Å². The van der Waals surface area contributed by atoms with E-state index in [0.29, 0.717) is 22.5 Å². The Hall–Kier alpha value is -3.49. The van der Waals surface area contributed by atoms with Gasteiger partial charge in [0.1, 0.15) is 11.5 Å². The molecule has 9 heteroatoms. The van der Waals surface area contributed by atoms with Gasteiger partial charge in [-0.15, -0.1) is 0 Å². The Morgan fingerprint density at radius 3 is 2.64 bits per heavy atom. The number of halogens is 2. The molecule has 0 aliphatic carbocycles. The smallest absolute Gasteiger partial charge is 0.337 e. The maximum Gasteiger partial charge on any atom is 0.337 e. The molecule has 2 aromatic heterocycles. The Balaban J connectivity index is 1.83. The van der Waals surface area contributed by atoms with Gasteiger partial charge in [-0.25, -0.2) is 18.6 Å². The summed E-state index contributed by atoms with van der Waals surface area (Å²) in [6, 6.07) is 8.00. The zero-order valence-corrected chi connectivity index (χ0v) is 18.9. The third-order valence-corrected chi connectivity index (χ3v) is 6.20. The van der Waals surface area contributed by atoms with Gasteiger partial charge in [0.05, 0.1) is 23.7 Å². The molecule has 3 aromatic rings. The number of aromatic carboxylic acids is 1. The van der Waals surface area contributed by atoms with E-state index in [-0.39, 0.29) is 23.5 Å². The van der Waals surface area contributed by atoms with Crippen LogP contribution in [0.25, 0.3) is 5.65 Å². The van der Waals surface area contributed by atoms with Crippen LogP contribution in [-0.2, 0) is 0 Å². The molecule has 0 saturated carbocycles. The highest BCUT2D eigenvalue weighted by atomic mass is 19.3. The van der Waals surface area contributed by atoms with E-state index in [1.807, 2.05) is 19.9 Å². The van der Waals surface area contributed by atoms with E-state index in [9.17, 15) is 23.5 Å². The summed E-state index contributed by atoms with van der Waals surface area (Å²) in [6.07, 6.45) is 1.67. The number of hydrogen-bond donors (Lipinski definition) is 2. The predicted octanol–water partition coefficient (Wildman–Crippen LogP) is 4.27. The Labute approximate surface area is 189 Å². The molecule has 2 atom stereocenters. The third kappa shape index (κ3) is 4.03. The molecule has 1 aromatic carbocycles. The first-order chi connectivity index (χ1) is 15.5. The summed E-state index contributed by atoms with van der Waals surface area (Å²) in [5.74, 6) is -4.50. The number of aromatic nitrogens is 2. The molecule has 4 rings (SSSR count). The van der Waals surface area contributed by atoms with E-state index in [1.54, 1.807) is 31.3 Å². The minimum absolute atomic E-state index is 0.109. The van der Waals surface area contributed by atoms with Gasteiger partial charge in [-0.05, 0) is 44.5 Å². The number of nitrogens with zero attached hydrogens (tertiary/aromatic N) is 3. The summed E-state index contributed by atoms with van der Waals surface area (Å²) in [4.78, 5) is 30.9. The molecule has 1 aliphatic heterocycles. The maximum absolute atomic E-state index is 14.2. The van der Waals surface area contributed by atoms with E-state index >= 15 is 0 Å². The molecule has 0 amide bonds. The summed E-state index contributed by atoms with van der Waals surface area (Å²) in [7, 11) is 0. The van der Waals surface area contributed by atoms with E-state index < -0.39 is 30.4 Å². The minimum Gasteiger partial charge on any atom is -0.478 e. The first-order valence-electron chi connectivity index (χ1n) is 10.7. The number of fused-ring (bicyclic) bond motifs is 1. The minimum atomic E-state index is -2.86. The number of anilines is 2. The molecule has 0 bridgehead atoms. The molecule has 33 heavy (non-hydrogen) atoms. The SMILES string of the molecule is Cc1cc([C@@H](C)Nc2ccccc2C(=O)O)c2nc(N3CC(C)C(F)(F)C3)c(C)c(=O)n2c1. The van der Waals surface area contributed by atoms with Crippen molar-refractivity contribution >= 4 is 23.1 Å². The topological polar surface area (TPSA) is 86.9 Å². The van der Waals surface area contributed by atoms with Crippen LogP contribution < -0.4 is 15.8 Å². The molecule has 0 spiro atoms.